The van der Waals surface area contributed by atoms with E-state index in [0.717, 1.165) is 6.26 Å². The van der Waals surface area contributed by atoms with E-state index in [1.54, 1.807) is 36.4 Å². The number of hydrogen-bond donors (Lipinski definition) is 2. The molecule has 0 heterocycles. The van der Waals surface area contributed by atoms with E-state index in [0.29, 0.717) is 5.56 Å². The molecule has 0 saturated carbocycles. The van der Waals surface area contributed by atoms with Crippen LogP contribution in [0.2, 0.25) is 0 Å². The van der Waals surface area contributed by atoms with Crippen LogP contribution < -0.4 is 10.6 Å². The normalized spacial score (nSPS) is 12.0. The molecule has 7 nitrogen and oxygen atoms in total. The van der Waals surface area contributed by atoms with Crippen molar-refractivity contribution in [3.63, 3.8) is 0 Å². The average molecular weight is 309 g/mol. The Morgan fingerprint density at radius 1 is 1.24 bits per heavy atom. The molecule has 0 aliphatic carbocycles. The highest BCUT2D eigenvalue weighted by Gasteiger charge is 2.29. The summed E-state index contributed by atoms with van der Waals surface area (Å²) in [7, 11) is -3.71. The summed E-state index contributed by atoms with van der Waals surface area (Å²) < 4.78 is 23.2. The van der Waals surface area contributed by atoms with Gasteiger partial charge in [-0.2, -0.15) is 5.26 Å². The lowest BCUT2D eigenvalue weighted by atomic mass is 10.2. The van der Waals surface area contributed by atoms with Gasteiger partial charge in [-0.3, -0.25) is 9.59 Å². The zero-order chi connectivity index (χ0) is 15.9. The van der Waals surface area contributed by atoms with Gasteiger partial charge in [0.2, 0.25) is 5.91 Å². The van der Waals surface area contributed by atoms with Crippen molar-refractivity contribution >= 4 is 21.7 Å². The number of benzene rings is 1. The maximum atomic E-state index is 11.8. The quantitative estimate of drug-likeness (QED) is 0.685. The molecule has 21 heavy (non-hydrogen) atoms. The summed E-state index contributed by atoms with van der Waals surface area (Å²) in [6.07, 6.45) is 0.901. The minimum atomic E-state index is -3.71. The van der Waals surface area contributed by atoms with E-state index in [1.807, 2.05) is 0 Å². The standard InChI is InChI=1S/C13H15N3O4S/c1-21(19,20)11(13(18)15-8-7-14)9-16-12(17)10-5-3-2-4-6-10/h2-6,11H,8-9H2,1H3,(H,15,18)(H,16,17). The summed E-state index contributed by atoms with van der Waals surface area (Å²) >= 11 is 0. The zero-order valence-electron chi connectivity index (χ0n) is 11.4. The summed E-state index contributed by atoms with van der Waals surface area (Å²) in [4.78, 5) is 23.5. The predicted molar refractivity (Wildman–Crippen MR) is 76.0 cm³/mol. The molecule has 0 aromatic heterocycles. The van der Waals surface area contributed by atoms with E-state index in [-0.39, 0.29) is 13.1 Å². The van der Waals surface area contributed by atoms with Crippen molar-refractivity contribution in [3.05, 3.63) is 35.9 Å². The van der Waals surface area contributed by atoms with Crippen LogP contribution in [-0.2, 0) is 14.6 Å². The zero-order valence-corrected chi connectivity index (χ0v) is 12.2. The van der Waals surface area contributed by atoms with Gasteiger partial charge in [0.25, 0.3) is 5.91 Å². The molecule has 0 fully saturated rings. The Bertz CT molecular complexity index is 650. The van der Waals surface area contributed by atoms with Crippen LogP contribution in [0.3, 0.4) is 0 Å². The third-order valence-corrected chi connectivity index (χ3v) is 4.05. The fourth-order valence-electron chi connectivity index (χ4n) is 1.56. The minimum Gasteiger partial charge on any atom is -0.350 e. The Hall–Kier alpha value is -2.40. The third kappa shape index (κ3) is 5.24. The molecule has 0 radical (unpaired) electrons. The topological polar surface area (TPSA) is 116 Å². The van der Waals surface area contributed by atoms with Gasteiger partial charge in [0.05, 0.1) is 6.07 Å². The maximum Gasteiger partial charge on any atom is 0.251 e. The number of rotatable bonds is 6. The number of nitrogens with one attached hydrogen (secondary N) is 2. The molecule has 112 valence electrons. The highest BCUT2D eigenvalue weighted by Crippen LogP contribution is 2.01. The molecule has 0 aliphatic heterocycles. The van der Waals surface area contributed by atoms with Gasteiger partial charge in [-0.1, -0.05) is 18.2 Å². The van der Waals surface area contributed by atoms with Crippen molar-refractivity contribution in [3.8, 4) is 6.07 Å². The monoisotopic (exact) mass is 309 g/mol. The van der Waals surface area contributed by atoms with Crippen LogP contribution in [0.5, 0.6) is 0 Å². The highest BCUT2D eigenvalue weighted by molar-refractivity contribution is 7.92. The van der Waals surface area contributed by atoms with E-state index in [1.165, 1.54) is 0 Å². The van der Waals surface area contributed by atoms with Crippen LogP contribution in [0.15, 0.2) is 30.3 Å². The smallest absolute Gasteiger partial charge is 0.251 e. The molecule has 1 unspecified atom stereocenters. The van der Waals surface area contributed by atoms with E-state index in [4.69, 9.17) is 5.26 Å². The lowest BCUT2D eigenvalue weighted by Crippen LogP contribution is -2.46. The van der Waals surface area contributed by atoms with Gasteiger partial charge in [0, 0.05) is 18.4 Å². The summed E-state index contributed by atoms with van der Waals surface area (Å²) in [5.41, 5.74) is 0.363. The van der Waals surface area contributed by atoms with Gasteiger partial charge in [-0.15, -0.1) is 0 Å². The number of carbonyl (C=O) groups excluding carboxylic acids is 2. The first-order valence-corrected chi connectivity index (χ1v) is 7.98. The summed E-state index contributed by atoms with van der Waals surface area (Å²) in [6, 6.07) is 9.90. The van der Waals surface area contributed by atoms with Crippen molar-refractivity contribution in [2.75, 3.05) is 19.3 Å². The van der Waals surface area contributed by atoms with E-state index in [9.17, 15) is 18.0 Å². The molecular formula is C13H15N3O4S. The summed E-state index contributed by atoms with van der Waals surface area (Å²) in [5.74, 6) is -1.29. The number of nitrogens with zero attached hydrogens (tertiary/aromatic N) is 1. The van der Waals surface area contributed by atoms with Crippen molar-refractivity contribution < 1.29 is 18.0 Å². The molecule has 0 spiro atoms. The van der Waals surface area contributed by atoms with Crippen LogP contribution in [0.1, 0.15) is 10.4 Å². The van der Waals surface area contributed by atoms with Crippen LogP contribution in [0.4, 0.5) is 0 Å². The molecule has 1 atom stereocenters. The molecule has 1 rings (SSSR count). The second-order valence-electron chi connectivity index (χ2n) is 4.27. The molecule has 2 N–H and O–H groups in total. The number of sulfone groups is 1. The molecular weight excluding hydrogens is 294 g/mol. The molecule has 1 aromatic carbocycles. The number of hydrogen-bond acceptors (Lipinski definition) is 5. The Morgan fingerprint density at radius 2 is 1.86 bits per heavy atom. The largest absolute Gasteiger partial charge is 0.350 e. The Labute approximate surface area is 122 Å². The second kappa shape index (κ2) is 7.40. The molecule has 1 aromatic rings. The van der Waals surface area contributed by atoms with Gasteiger partial charge in [0.1, 0.15) is 6.54 Å². The van der Waals surface area contributed by atoms with E-state index in [2.05, 4.69) is 10.6 Å². The van der Waals surface area contributed by atoms with Crippen LogP contribution >= 0.6 is 0 Å². The van der Waals surface area contributed by atoms with Crippen molar-refractivity contribution in [1.29, 1.82) is 5.26 Å². The van der Waals surface area contributed by atoms with E-state index >= 15 is 0 Å². The maximum absolute atomic E-state index is 11.8. The number of amides is 2. The molecule has 0 saturated heterocycles. The highest BCUT2D eigenvalue weighted by atomic mass is 32.2. The van der Waals surface area contributed by atoms with Crippen molar-refractivity contribution in [2.24, 2.45) is 0 Å². The molecule has 0 aliphatic rings. The first kappa shape index (κ1) is 16.7. The van der Waals surface area contributed by atoms with Crippen LogP contribution in [-0.4, -0.2) is 44.8 Å². The lowest BCUT2D eigenvalue weighted by Gasteiger charge is -2.15. The van der Waals surface area contributed by atoms with Gasteiger partial charge in [-0.05, 0) is 12.1 Å². The summed E-state index contributed by atoms with van der Waals surface area (Å²) in [5, 5.41) is 11.5. The molecule has 2 amide bonds. The van der Waals surface area contributed by atoms with Gasteiger partial charge < -0.3 is 10.6 Å². The minimum absolute atomic E-state index is 0.294. The first-order valence-electron chi connectivity index (χ1n) is 6.03. The Morgan fingerprint density at radius 3 is 2.38 bits per heavy atom. The molecule has 0 bridgehead atoms. The van der Waals surface area contributed by atoms with Gasteiger partial charge >= 0.3 is 0 Å². The second-order valence-corrected chi connectivity index (χ2v) is 6.50. The summed E-state index contributed by atoms with van der Waals surface area (Å²) in [6.45, 7) is -0.651. The first-order chi connectivity index (χ1) is 9.86. The average Bonchev–Trinajstić information content (AvgIpc) is 2.44. The predicted octanol–water partition coefficient (Wildman–Crippen LogP) is -0.531. The fourth-order valence-corrected chi connectivity index (χ4v) is 2.41. The Kier molecular flexibility index (Phi) is 5.87. The number of carbonyl (C=O) groups is 2. The van der Waals surface area contributed by atoms with E-state index < -0.39 is 26.9 Å². The Balaban J connectivity index is 2.73. The van der Waals surface area contributed by atoms with Gasteiger partial charge in [-0.25, -0.2) is 8.42 Å². The third-order valence-electron chi connectivity index (χ3n) is 2.63. The SMILES string of the molecule is CS(=O)(=O)C(CNC(=O)c1ccccc1)C(=O)NCC#N. The number of nitriles is 1. The van der Waals surface area contributed by atoms with Gasteiger partial charge in [0.15, 0.2) is 15.1 Å². The lowest BCUT2D eigenvalue weighted by molar-refractivity contribution is -0.120. The molecule has 8 heteroatoms. The van der Waals surface area contributed by atoms with Crippen LogP contribution in [0.25, 0.3) is 0 Å². The van der Waals surface area contributed by atoms with Crippen molar-refractivity contribution in [1.82, 2.24) is 10.6 Å². The van der Waals surface area contributed by atoms with Crippen molar-refractivity contribution in [2.45, 2.75) is 5.25 Å². The fraction of sp³-hybridized carbons (Fsp3) is 0.308. The van der Waals surface area contributed by atoms with Crippen LogP contribution in [0, 0.1) is 11.3 Å².